The van der Waals surface area contributed by atoms with Crippen molar-refractivity contribution in [2.75, 3.05) is 13.1 Å². The SMILES string of the molecule is FC(F)(c1ccccc1Cl)C1CNC1. The molecule has 1 nitrogen and oxygen atoms in total. The van der Waals surface area contributed by atoms with Gasteiger partial charge < -0.3 is 5.32 Å². The lowest BCUT2D eigenvalue weighted by Crippen LogP contribution is -2.50. The van der Waals surface area contributed by atoms with Gasteiger partial charge in [-0.05, 0) is 6.07 Å². The molecular weight excluding hydrogens is 208 g/mol. The van der Waals surface area contributed by atoms with Crippen LogP contribution in [0.5, 0.6) is 0 Å². The Morgan fingerprint density at radius 1 is 1.29 bits per heavy atom. The average Bonchev–Trinajstić information content (AvgIpc) is 2.00. The minimum Gasteiger partial charge on any atom is -0.316 e. The van der Waals surface area contributed by atoms with Crippen molar-refractivity contribution in [3.8, 4) is 0 Å². The smallest absolute Gasteiger partial charge is 0.279 e. The van der Waals surface area contributed by atoms with Crippen LogP contribution in [0.3, 0.4) is 0 Å². The average molecular weight is 218 g/mol. The van der Waals surface area contributed by atoms with E-state index in [0.29, 0.717) is 13.1 Å². The number of alkyl halides is 2. The van der Waals surface area contributed by atoms with Crippen molar-refractivity contribution >= 4 is 11.6 Å². The molecule has 2 rings (SSSR count). The summed E-state index contributed by atoms with van der Waals surface area (Å²) in [6.45, 7) is 0.719. The number of nitrogens with one attached hydrogen (secondary N) is 1. The lowest BCUT2D eigenvalue weighted by molar-refractivity contribution is -0.0833. The second-order valence-electron chi connectivity index (χ2n) is 3.46. The molecule has 4 heteroatoms. The Hall–Kier alpha value is -0.670. The minimum atomic E-state index is -2.82. The monoisotopic (exact) mass is 217 g/mol. The van der Waals surface area contributed by atoms with Crippen molar-refractivity contribution < 1.29 is 8.78 Å². The van der Waals surface area contributed by atoms with Crippen LogP contribution in [0, 0.1) is 5.92 Å². The lowest BCUT2D eigenvalue weighted by Gasteiger charge is -2.34. The summed E-state index contributed by atoms with van der Waals surface area (Å²) in [6, 6.07) is 6.12. The van der Waals surface area contributed by atoms with Gasteiger partial charge in [-0.15, -0.1) is 0 Å². The first kappa shape index (κ1) is 9.87. The van der Waals surface area contributed by atoms with E-state index in [0.717, 1.165) is 0 Å². The Bertz CT molecular complexity index is 337. The molecule has 0 spiro atoms. The number of benzene rings is 1. The van der Waals surface area contributed by atoms with Crippen LogP contribution in [-0.4, -0.2) is 13.1 Å². The highest BCUT2D eigenvalue weighted by molar-refractivity contribution is 6.31. The molecule has 0 unspecified atom stereocenters. The lowest BCUT2D eigenvalue weighted by atomic mass is 9.90. The summed E-state index contributed by atoms with van der Waals surface area (Å²) >= 11 is 5.73. The molecule has 1 heterocycles. The third-order valence-electron chi connectivity index (χ3n) is 2.53. The molecule has 0 bridgehead atoms. The first-order chi connectivity index (χ1) is 6.62. The summed E-state index contributed by atoms with van der Waals surface area (Å²) in [7, 11) is 0. The van der Waals surface area contributed by atoms with E-state index in [2.05, 4.69) is 5.32 Å². The number of rotatable bonds is 2. The summed E-state index contributed by atoms with van der Waals surface area (Å²) in [4.78, 5) is 0. The van der Waals surface area contributed by atoms with Crippen molar-refractivity contribution in [3.05, 3.63) is 34.9 Å². The van der Waals surface area contributed by atoms with E-state index in [9.17, 15) is 8.78 Å². The topological polar surface area (TPSA) is 12.0 Å². The Kier molecular flexibility index (Phi) is 2.45. The largest absolute Gasteiger partial charge is 0.316 e. The summed E-state index contributed by atoms with van der Waals surface area (Å²) in [5.74, 6) is -3.44. The summed E-state index contributed by atoms with van der Waals surface area (Å²) in [6.07, 6.45) is 0. The first-order valence-electron chi connectivity index (χ1n) is 4.46. The number of halogens is 3. The van der Waals surface area contributed by atoms with E-state index in [4.69, 9.17) is 11.6 Å². The van der Waals surface area contributed by atoms with Gasteiger partial charge in [0.15, 0.2) is 0 Å². The van der Waals surface area contributed by atoms with Crippen LogP contribution >= 0.6 is 11.6 Å². The second-order valence-corrected chi connectivity index (χ2v) is 3.87. The van der Waals surface area contributed by atoms with Crippen molar-refractivity contribution in [2.45, 2.75) is 5.92 Å². The Labute approximate surface area is 86.1 Å². The van der Waals surface area contributed by atoms with E-state index in [1.165, 1.54) is 12.1 Å². The highest BCUT2D eigenvalue weighted by Crippen LogP contribution is 2.40. The fourth-order valence-corrected chi connectivity index (χ4v) is 1.76. The number of hydrogen-bond acceptors (Lipinski definition) is 1. The number of hydrogen-bond donors (Lipinski definition) is 1. The molecule has 0 radical (unpaired) electrons. The van der Waals surface area contributed by atoms with E-state index < -0.39 is 11.8 Å². The first-order valence-corrected chi connectivity index (χ1v) is 4.83. The molecule has 0 saturated carbocycles. The molecule has 1 saturated heterocycles. The van der Waals surface area contributed by atoms with Crippen LogP contribution in [0.2, 0.25) is 5.02 Å². The molecule has 1 aromatic carbocycles. The summed E-state index contributed by atoms with van der Waals surface area (Å²) < 4.78 is 27.5. The van der Waals surface area contributed by atoms with Gasteiger partial charge >= 0.3 is 0 Å². The van der Waals surface area contributed by atoms with Crippen LogP contribution in [0.25, 0.3) is 0 Å². The second kappa shape index (κ2) is 3.48. The molecule has 14 heavy (non-hydrogen) atoms. The summed E-state index contributed by atoms with van der Waals surface area (Å²) in [5, 5.41) is 2.98. The predicted octanol–water partition coefficient (Wildman–Crippen LogP) is 2.65. The standard InChI is InChI=1S/C10H10ClF2N/c11-9-4-2-1-3-8(9)10(12,13)7-5-14-6-7/h1-4,7,14H,5-6H2. The van der Waals surface area contributed by atoms with Gasteiger partial charge in [0.05, 0.1) is 5.92 Å². The highest BCUT2D eigenvalue weighted by atomic mass is 35.5. The predicted molar refractivity (Wildman–Crippen MR) is 51.7 cm³/mol. The molecule has 0 aliphatic carbocycles. The van der Waals surface area contributed by atoms with Crippen LogP contribution in [0.4, 0.5) is 8.78 Å². The van der Waals surface area contributed by atoms with Gasteiger partial charge in [0.1, 0.15) is 0 Å². The Morgan fingerprint density at radius 3 is 2.43 bits per heavy atom. The minimum absolute atomic E-state index is 0.0619. The van der Waals surface area contributed by atoms with Crippen molar-refractivity contribution in [1.29, 1.82) is 0 Å². The van der Waals surface area contributed by atoms with Crippen LogP contribution in [0.1, 0.15) is 5.56 Å². The highest BCUT2D eigenvalue weighted by Gasteiger charge is 2.45. The maximum Gasteiger partial charge on any atom is 0.279 e. The van der Waals surface area contributed by atoms with Crippen molar-refractivity contribution in [3.63, 3.8) is 0 Å². The van der Waals surface area contributed by atoms with Crippen LogP contribution < -0.4 is 5.32 Å². The molecular formula is C10H10ClF2N. The molecule has 0 aromatic heterocycles. The third kappa shape index (κ3) is 1.51. The van der Waals surface area contributed by atoms with Gasteiger partial charge in [-0.25, -0.2) is 8.78 Å². The van der Waals surface area contributed by atoms with Gasteiger partial charge in [0.2, 0.25) is 0 Å². The fourth-order valence-electron chi connectivity index (χ4n) is 1.50. The normalized spacial score (nSPS) is 17.9. The van der Waals surface area contributed by atoms with Gasteiger partial charge in [0.25, 0.3) is 5.92 Å². The molecule has 1 aliphatic rings. The van der Waals surface area contributed by atoms with Gasteiger partial charge in [0, 0.05) is 23.7 Å². The quantitative estimate of drug-likeness (QED) is 0.803. The van der Waals surface area contributed by atoms with E-state index in [-0.39, 0.29) is 10.6 Å². The fraction of sp³-hybridized carbons (Fsp3) is 0.400. The van der Waals surface area contributed by atoms with E-state index >= 15 is 0 Å². The zero-order chi connectivity index (χ0) is 10.2. The zero-order valence-corrected chi connectivity index (χ0v) is 8.19. The molecule has 76 valence electrons. The van der Waals surface area contributed by atoms with Gasteiger partial charge in [-0.2, -0.15) is 0 Å². The van der Waals surface area contributed by atoms with Gasteiger partial charge in [-0.1, -0.05) is 29.8 Å². The zero-order valence-electron chi connectivity index (χ0n) is 7.43. The maximum absolute atomic E-state index is 13.7. The molecule has 0 atom stereocenters. The molecule has 1 aliphatic heterocycles. The summed E-state index contributed by atoms with van der Waals surface area (Å²) in [5.41, 5.74) is -0.0619. The van der Waals surface area contributed by atoms with Crippen molar-refractivity contribution in [1.82, 2.24) is 5.32 Å². The van der Waals surface area contributed by atoms with Crippen LogP contribution in [-0.2, 0) is 5.92 Å². The van der Waals surface area contributed by atoms with Crippen molar-refractivity contribution in [2.24, 2.45) is 5.92 Å². The Balaban J connectivity index is 2.32. The molecule has 1 N–H and O–H groups in total. The van der Waals surface area contributed by atoms with E-state index in [1.807, 2.05) is 0 Å². The van der Waals surface area contributed by atoms with Gasteiger partial charge in [-0.3, -0.25) is 0 Å². The molecule has 1 fully saturated rings. The maximum atomic E-state index is 13.7. The third-order valence-corrected chi connectivity index (χ3v) is 2.86. The van der Waals surface area contributed by atoms with Crippen LogP contribution in [0.15, 0.2) is 24.3 Å². The molecule has 0 amide bonds. The van der Waals surface area contributed by atoms with E-state index in [1.54, 1.807) is 12.1 Å². The Morgan fingerprint density at radius 2 is 1.93 bits per heavy atom. The molecule has 1 aromatic rings.